The average Bonchev–Trinajstić information content (AvgIpc) is 2.85. The Morgan fingerprint density at radius 2 is 1.71 bits per heavy atom. The molecule has 0 aliphatic carbocycles. The van der Waals surface area contributed by atoms with Crippen LogP contribution >= 0.6 is 0 Å². The van der Waals surface area contributed by atoms with Crippen molar-refractivity contribution in [2.75, 3.05) is 41.8 Å². The summed E-state index contributed by atoms with van der Waals surface area (Å²) in [6.07, 6.45) is 1.24. The predicted octanol–water partition coefficient (Wildman–Crippen LogP) is 2.46. The summed E-state index contributed by atoms with van der Waals surface area (Å²) in [5.74, 6) is -1.21. The zero-order valence-corrected chi connectivity index (χ0v) is 18.5. The second kappa shape index (κ2) is 10.7. The van der Waals surface area contributed by atoms with Crippen LogP contribution in [0.5, 0.6) is 0 Å². The number of rotatable bonds is 8. The number of aliphatic carboxylic acids is 1. The maximum atomic E-state index is 12.0. The zero-order valence-electron chi connectivity index (χ0n) is 18.5. The molecule has 2 aromatic carbocycles. The topological polar surface area (TPSA) is 143 Å². The van der Waals surface area contributed by atoms with Crippen LogP contribution in [0.4, 0.5) is 23.0 Å². The average molecular weight is 463 g/mol. The number of nitrogens with two attached hydrogens (primary N) is 1. The van der Waals surface area contributed by atoms with E-state index in [9.17, 15) is 9.59 Å². The number of carbonyl (C=O) groups excluding carboxylic acids is 1. The van der Waals surface area contributed by atoms with E-state index in [0.29, 0.717) is 17.3 Å². The van der Waals surface area contributed by atoms with Crippen molar-refractivity contribution < 1.29 is 19.4 Å². The lowest BCUT2D eigenvalue weighted by Gasteiger charge is -2.28. The quantitative estimate of drug-likeness (QED) is 0.397. The highest BCUT2D eigenvalue weighted by Crippen LogP contribution is 2.23. The maximum Gasteiger partial charge on any atom is 0.305 e. The number of carboxylic acids is 1. The number of carbonyl (C=O) groups is 2. The van der Waals surface area contributed by atoms with E-state index in [1.807, 2.05) is 24.3 Å². The van der Waals surface area contributed by atoms with Crippen molar-refractivity contribution in [3.05, 3.63) is 60.8 Å². The molecular formula is C24H26N6O4. The van der Waals surface area contributed by atoms with Crippen molar-refractivity contribution in [2.45, 2.75) is 12.5 Å². The third kappa shape index (κ3) is 6.06. The molecule has 1 amide bonds. The smallest absolute Gasteiger partial charge is 0.305 e. The summed E-state index contributed by atoms with van der Waals surface area (Å²) in [5, 5.41) is 14.6. The molecule has 3 aromatic rings. The molecule has 1 saturated heterocycles. The monoisotopic (exact) mass is 462 g/mol. The minimum atomic E-state index is -1.13. The van der Waals surface area contributed by atoms with E-state index in [-0.39, 0.29) is 0 Å². The van der Waals surface area contributed by atoms with Crippen LogP contribution < -0.4 is 21.3 Å². The van der Waals surface area contributed by atoms with Crippen molar-refractivity contribution in [1.82, 2.24) is 9.97 Å². The number of nitrogens with one attached hydrogen (secondary N) is 2. The van der Waals surface area contributed by atoms with Crippen LogP contribution in [-0.4, -0.2) is 59.3 Å². The van der Waals surface area contributed by atoms with Crippen LogP contribution in [0.3, 0.4) is 0 Å². The minimum Gasteiger partial charge on any atom is -0.481 e. The summed E-state index contributed by atoms with van der Waals surface area (Å²) < 4.78 is 5.40. The summed E-state index contributed by atoms with van der Waals surface area (Å²) in [7, 11) is 0. The van der Waals surface area contributed by atoms with Gasteiger partial charge >= 0.3 is 5.97 Å². The van der Waals surface area contributed by atoms with Crippen LogP contribution in [0, 0.1) is 0 Å². The molecule has 0 spiro atoms. The van der Waals surface area contributed by atoms with Gasteiger partial charge in [-0.1, -0.05) is 12.1 Å². The SMILES string of the molecule is N[C@H](CC(=O)O)C(=O)Nc1ccc(-c2ccnc(Nc3ccc(N4CCOCC4)cc3)n2)cc1. The Bertz CT molecular complexity index is 1130. The van der Waals surface area contributed by atoms with E-state index >= 15 is 0 Å². The first-order chi connectivity index (χ1) is 16.5. The highest BCUT2D eigenvalue weighted by molar-refractivity contribution is 5.96. The molecule has 34 heavy (non-hydrogen) atoms. The van der Waals surface area contributed by atoms with Gasteiger partial charge in [-0.25, -0.2) is 9.97 Å². The second-order valence-electron chi connectivity index (χ2n) is 7.81. The van der Waals surface area contributed by atoms with E-state index in [4.69, 9.17) is 15.6 Å². The van der Waals surface area contributed by atoms with Gasteiger partial charge in [0.1, 0.15) is 0 Å². The third-order valence-electron chi connectivity index (χ3n) is 5.33. The summed E-state index contributed by atoms with van der Waals surface area (Å²) in [5.41, 5.74) is 9.68. The summed E-state index contributed by atoms with van der Waals surface area (Å²) in [4.78, 5) is 33.9. The Morgan fingerprint density at radius 3 is 2.38 bits per heavy atom. The van der Waals surface area contributed by atoms with E-state index < -0.39 is 24.3 Å². The molecule has 2 heterocycles. The lowest BCUT2D eigenvalue weighted by molar-refractivity contribution is -0.138. The van der Waals surface area contributed by atoms with Crippen molar-refractivity contribution in [2.24, 2.45) is 5.73 Å². The first-order valence-electron chi connectivity index (χ1n) is 10.9. The van der Waals surface area contributed by atoms with Gasteiger partial charge in [0, 0.05) is 41.9 Å². The van der Waals surface area contributed by atoms with Gasteiger partial charge < -0.3 is 31.1 Å². The van der Waals surface area contributed by atoms with E-state index in [2.05, 4.69) is 37.6 Å². The third-order valence-corrected chi connectivity index (χ3v) is 5.33. The van der Waals surface area contributed by atoms with Gasteiger partial charge in [0.05, 0.1) is 31.4 Å². The van der Waals surface area contributed by atoms with Gasteiger partial charge in [0.15, 0.2) is 0 Å². The molecule has 1 atom stereocenters. The van der Waals surface area contributed by atoms with E-state index in [0.717, 1.165) is 43.2 Å². The number of hydrogen-bond acceptors (Lipinski definition) is 8. The van der Waals surface area contributed by atoms with Crippen molar-refractivity contribution in [1.29, 1.82) is 0 Å². The fraction of sp³-hybridized carbons (Fsp3) is 0.250. The molecule has 5 N–H and O–H groups in total. The van der Waals surface area contributed by atoms with Crippen LogP contribution in [-0.2, 0) is 14.3 Å². The molecule has 1 aromatic heterocycles. The predicted molar refractivity (Wildman–Crippen MR) is 129 cm³/mol. The first kappa shape index (κ1) is 23.1. The van der Waals surface area contributed by atoms with Crippen LogP contribution in [0.15, 0.2) is 60.8 Å². The molecule has 0 bridgehead atoms. The molecular weight excluding hydrogens is 436 g/mol. The fourth-order valence-electron chi connectivity index (χ4n) is 3.53. The number of morpholine rings is 1. The Hall–Kier alpha value is -4.02. The van der Waals surface area contributed by atoms with Gasteiger partial charge in [-0.2, -0.15) is 0 Å². The molecule has 1 aliphatic heterocycles. The fourth-order valence-corrected chi connectivity index (χ4v) is 3.53. The van der Waals surface area contributed by atoms with Crippen LogP contribution in [0.1, 0.15) is 6.42 Å². The van der Waals surface area contributed by atoms with Crippen molar-refractivity contribution in [3.8, 4) is 11.3 Å². The van der Waals surface area contributed by atoms with Gasteiger partial charge in [0.2, 0.25) is 11.9 Å². The van der Waals surface area contributed by atoms with Crippen molar-refractivity contribution in [3.63, 3.8) is 0 Å². The number of anilines is 4. The Morgan fingerprint density at radius 1 is 1.03 bits per heavy atom. The summed E-state index contributed by atoms with van der Waals surface area (Å²) in [6, 6.07) is 15.8. The first-order valence-corrected chi connectivity index (χ1v) is 10.9. The minimum absolute atomic E-state index is 0.434. The van der Waals surface area contributed by atoms with Gasteiger partial charge in [0.25, 0.3) is 0 Å². The van der Waals surface area contributed by atoms with E-state index in [1.165, 1.54) is 0 Å². The normalized spacial score (nSPS) is 14.3. The molecule has 10 heteroatoms. The Labute approximate surface area is 196 Å². The van der Waals surface area contributed by atoms with Gasteiger partial charge in [-0.3, -0.25) is 9.59 Å². The molecule has 1 aliphatic rings. The maximum absolute atomic E-state index is 12.0. The van der Waals surface area contributed by atoms with Crippen LogP contribution in [0.2, 0.25) is 0 Å². The standard InChI is InChI=1S/C24H26N6O4/c25-20(15-22(31)32)23(33)27-17-3-1-16(2-4-17)21-9-10-26-24(29-21)28-18-5-7-19(8-6-18)30-11-13-34-14-12-30/h1-10,20H,11-15,25H2,(H,27,33)(H,31,32)(H,26,28,29)/t20-/m1/s1. The summed E-state index contributed by atoms with van der Waals surface area (Å²) >= 11 is 0. The highest BCUT2D eigenvalue weighted by Gasteiger charge is 2.17. The van der Waals surface area contributed by atoms with Crippen molar-refractivity contribution >= 4 is 34.9 Å². The molecule has 176 valence electrons. The molecule has 10 nitrogen and oxygen atoms in total. The van der Waals surface area contributed by atoms with Gasteiger partial charge in [-0.15, -0.1) is 0 Å². The zero-order chi connectivity index (χ0) is 23.9. The Kier molecular flexibility index (Phi) is 7.31. The number of amides is 1. The number of ether oxygens (including phenoxy) is 1. The molecule has 1 fully saturated rings. The molecule has 0 saturated carbocycles. The Balaban J connectivity index is 1.39. The number of aromatic nitrogens is 2. The molecule has 0 radical (unpaired) electrons. The number of hydrogen-bond donors (Lipinski definition) is 4. The van der Waals surface area contributed by atoms with Gasteiger partial charge in [-0.05, 0) is 42.5 Å². The van der Waals surface area contributed by atoms with Crippen LogP contribution in [0.25, 0.3) is 11.3 Å². The highest BCUT2D eigenvalue weighted by atomic mass is 16.5. The number of benzene rings is 2. The molecule has 0 unspecified atom stereocenters. The number of carboxylic acid groups (broad SMARTS) is 1. The van der Waals surface area contributed by atoms with E-state index in [1.54, 1.807) is 24.4 Å². The number of nitrogens with zero attached hydrogens (tertiary/aromatic N) is 3. The molecule has 4 rings (SSSR count). The summed E-state index contributed by atoms with van der Waals surface area (Å²) in [6.45, 7) is 3.25. The largest absolute Gasteiger partial charge is 0.481 e. The lowest BCUT2D eigenvalue weighted by atomic mass is 10.1. The second-order valence-corrected chi connectivity index (χ2v) is 7.81. The lowest BCUT2D eigenvalue weighted by Crippen LogP contribution is -2.37.